The van der Waals surface area contributed by atoms with Crippen molar-refractivity contribution in [1.82, 2.24) is 15.5 Å². The third-order valence-corrected chi connectivity index (χ3v) is 3.26. The Kier molecular flexibility index (Phi) is 5.11. The summed E-state index contributed by atoms with van der Waals surface area (Å²) in [4.78, 5) is 0. The fourth-order valence-electron chi connectivity index (χ4n) is 1.85. The first-order valence-electron chi connectivity index (χ1n) is 6.87. The highest BCUT2D eigenvalue weighted by Gasteiger charge is 2.11. The summed E-state index contributed by atoms with van der Waals surface area (Å²) in [7, 11) is 0. The fourth-order valence-corrected chi connectivity index (χ4v) is 2.32. The minimum Gasteiger partial charge on any atom is -0.421 e. The van der Waals surface area contributed by atoms with E-state index in [1.54, 1.807) is 6.07 Å². The topological polar surface area (TPSA) is 51.0 Å². The van der Waals surface area contributed by atoms with Crippen LogP contribution < -0.4 is 5.32 Å². The maximum Gasteiger partial charge on any atom is 0.247 e. The van der Waals surface area contributed by atoms with E-state index >= 15 is 0 Å². The van der Waals surface area contributed by atoms with Gasteiger partial charge in [-0.1, -0.05) is 15.9 Å². The normalized spacial score (nSPS) is 11.9. The molecule has 1 aromatic heterocycles. The van der Waals surface area contributed by atoms with Gasteiger partial charge in [-0.3, -0.25) is 0 Å². The van der Waals surface area contributed by atoms with Gasteiger partial charge in [0.25, 0.3) is 0 Å². The van der Waals surface area contributed by atoms with E-state index in [9.17, 15) is 4.39 Å². The summed E-state index contributed by atoms with van der Waals surface area (Å²) in [6.07, 6.45) is 1.61. The van der Waals surface area contributed by atoms with Gasteiger partial charge in [0.1, 0.15) is 5.82 Å². The SMILES string of the molecule is CC(C)(C)NCCCc1nnc(-c2cc(F)cc(Br)c2)o1. The largest absolute Gasteiger partial charge is 0.421 e. The second kappa shape index (κ2) is 6.66. The van der Waals surface area contributed by atoms with Gasteiger partial charge in [-0.2, -0.15) is 0 Å². The lowest BCUT2D eigenvalue weighted by Crippen LogP contribution is -2.36. The van der Waals surface area contributed by atoms with Crippen LogP contribution in [0, 0.1) is 5.82 Å². The van der Waals surface area contributed by atoms with E-state index in [2.05, 4.69) is 52.2 Å². The van der Waals surface area contributed by atoms with Crippen molar-refractivity contribution >= 4 is 15.9 Å². The van der Waals surface area contributed by atoms with Crippen molar-refractivity contribution in [3.8, 4) is 11.5 Å². The molecule has 1 aromatic carbocycles. The molecule has 0 aliphatic heterocycles. The molecule has 2 aromatic rings. The van der Waals surface area contributed by atoms with Gasteiger partial charge >= 0.3 is 0 Å². The number of aryl methyl sites for hydroxylation is 1. The Morgan fingerprint density at radius 1 is 1.24 bits per heavy atom. The van der Waals surface area contributed by atoms with Crippen LogP contribution in [-0.2, 0) is 6.42 Å². The maximum atomic E-state index is 13.4. The monoisotopic (exact) mass is 355 g/mol. The first-order chi connectivity index (χ1) is 9.83. The van der Waals surface area contributed by atoms with E-state index in [-0.39, 0.29) is 11.4 Å². The van der Waals surface area contributed by atoms with Crippen molar-refractivity contribution < 1.29 is 8.81 Å². The Hall–Kier alpha value is -1.27. The smallest absolute Gasteiger partial charge is 0.247 e. The van der Waals surface area contributed by atoms with Crippen LogP contribution in [-0.4, -0.2) is 22.3 Å². The molecule has 114 valence electrons. The van der Waals surface area contributed by atoms with E-state index < -0.39 is 0 Å². The lowest BCUT2D eigenvalue weighted by Gasteiger charge is -2.19. The van der Waals surface area contributed by atoms with Crippen LogP contribution in [0.4, 0.5) is 4.39 Å². The molecule has 4 nitrogen and oxygen atoms in total. The minimum absolute atomic E-state index is 0.105. The van der Waals surface area contributed by atoms with E-state index in [1.165, 1.54) is 12.1 Å². The zero-order chi connectivity index (χ0) is 15.5. The van der Waals surface area contributed by atoms with Crippen LogP contribution in [0.3, 0.4) is 0 Å². The Balaban J connectivity index is 1.95. The molecule has 0 spiro atoms. The van der Waals surface area contributed by atoms with E-state index in [0.29, 0.717) is 28.2 Å². The number of nitrogens with zero attached hydrogens (tertiary/aromatic N) is 2. The second-order valence-corrected chi connectivity index (χ2v) is 6.86. The summed E-state index contributed by atoms with van der Waals surface area (Å²) in [5, 5.41) is 11.4. The molecule has 0 saturated carbocycles. The average molecular weight is 356 g/mol. The van der Waals surface area contributed by atoms with Crippen molar-refractivity contribution in [2.45, 2.75) is 39.2 Å². The highest BCUT2D eigenvalue weighted by atomic mass is 79.9. The third kappa shape index (κ3) is 5.21. The molecule has 0 aliphatic rings. The number of benzene rings is 1. The predicted molar refractivity (Wildman–Crippen MR) is 83.5 cm³/mol. The van der Waals surface area contributed by atoms with Gasteiger partial charge in [-0.25, -0.2) is 4.39 Å². The molecule has 0 amide bonds. The van der Waals surface area contributed by atoms with Gasteiger partial charge in [0.05, 0.1) is 0 Å². The Labute approximate surface area is 132 Å². The first-order valence-corrected chi connectivity index (χ1v) is 7.67. The molecule has 21 heavy (non-hydrogen) atoms. The minimum atomic E-state index is -0.339. The molecule has 2 rings (SSSR count). The van der Waals surface area contributed by atoms with Crippen LogP contribution in [0.25, 0.3) is 11.5 Å². The fraction of sp³-hybridized carbons (Fsp3) is 0.467. The van der Waals surface area contributed by atoms with Crippen molar-refractivity contribution in [3.63, 3.8) is 0 Å². The van der Waals surface area contributed by atoms with Gasteiger partial charge in [0.2, 0.25) is 11.8 Å². The number of hydrogen-bond donors (Lipinski definition) is 1. The maximum absolute atomic E-state index is 13.4. The van der Waals surface area contributed by atoms with Gasteiger partial charge in [-0.05, 0) is 51.9 Å². The molecule has 0 aliphatic carbocycles. The molecule has 0 unspecified atom stereocenters. The average Bonchev–Trinajstić information content (AvgIpc) is 2.81. The number of hydrogen-bond acceptors (Lipinski definition) is 4. The molecule has 0 fully saturated rings. The number of rotatable bonds is 5. The highest BCUT2D eigenvalue weighted by molar-refractivity contribution is 9.10. The predicted octanol–water partition coefficient (Wildman–Crippen LogP) is 3.96. The number of aromatic nitrogens is 2. The van der Waals surface area contributed by atoms with Gasteiger partial charge in [-0.15, -0.1) is 10.2 Å². The first kappa shape index (κ1) is 16.1. The second-order valence-electron chi connectivity index (χ2n) is 5.94. The van der Waals surface area contributed by atoms with Gasteiger partial charge in [0.15, 0.2) is 0 Å². The third-order valence-electron chi connectivity index (χ3n) is 2.80. The molecule has 0 atom stereocenters. The van der Waals surface area contributed by atoms with Crippen LogP contribution in [0.1, 0.15) is 33.1 Å². The quantitative estimate of drug-likeness (QED) is 0.824. The zero-order valence-electron chi connectivity index (χ0n) is 12.4. The van der Waals surface area contributed by atoms with Crippen LogP contribution >= 0.6 is 15.9 Å². The summed E-state index contributed by atoms with van der Waals surface area (Å²) >= 11 is 3.25. The molecular formula is C15H19BrFN3O. The summed E-state index contributed by atoms with van der Waals surface area (Å²) in [5.74, 6) is 0.573. The van der Waals surface area contributed by atoms with Crippen molar-refractivity contribution in [3.05, 3.63) is 34.4 Å². The molecule has 0 saturated heterocycles. The molecular weight excluding hydrogens is 337 g/mol. The molecule has 1 N–H and O–H groups in total. The Morgan fingerprint density at radius 3 is 2.67 bits per heavy atom. The van der Waals surface area contributed by atoms with E-state index in [1.807, 2.05) is 0 Å². The molecule has 6 heteroatoms. The van der Waals surface area contributed by atoms with Gasteiger partial charge in [0, 0.05) is 22.0 Å². The lowest BCUT2D eigenvalue weighted by molar-refractivity contribution is 0.412. The van der Waals surface area contributed by atoms with E-state index in [0.717, 1.165) is 13.0 Å². The van der Waals surface area contributed by atoms with Crippen LogP contribution in [0.15, 0.2) is 27.1 Å². The van der Waals surface area contributed by atoms with E-state index in [4.69, 9.17) is 4.42 Å². The summed E-state index contributed by atoms with van der Waals surface area (Å²) in [5.41, 5.74) is 0.682. The van der Waals surface area contributed by atoms with Crippen LogP contribution in [0.5, 0.6) is 0 Å². The standard InChI is InChI=1S/C15H19BrFN3O/c1-15(2,3)18-6-4-5-13-19-20-14(21-13)10-7-11(16)9-12(17)8-10/h7-9,18H,4-6H2,1-3H3. The summed E-state index contributed by atoms with van der Waals surface area (Å²) in [6.45, 7) is 7.26. The zero-order valence-corrected chi connectivity index (χ0v) is 14.0. The number of nitrogens with one attached hydrogen (secondary N) is 1. The van der Waals surface area contributed by atoms with Crippen molar-refractivity contribution in [2.75, 3.05) is 6.54 Å². The molecule has 0 radical (unpaired) electrons. The van der Waals surface area contributed by atoms with Crippen molar-refractivity contribution in [2.24, 2.45) is 0 Å². The molecule has 1 heterocycles. The van der Waals surface area contributed by atoms with Crippen LogP contribution in [0.2, 0.25) is 0 Å². The Morgan fingerprint density at radius 2 is 2.00 bits per heavy atom. The highest BCUT2D eigenvalue weighted by Crippen LogP contribution is 2.23. The van der Waals surface area contributed by atoms with Gasteiger partial charge < -0.3 is 9.73 Å². The molecule has 0 bridgehead atoms. The summed E-state index contributed by atoms with van der Waals surface area (Å²) in [6, 6.07) is 4.52. The summed E-state index contributed by atoms with van der Waals surface area (Å²) < 4.78 is 19.6. The number of halogens is 2. The lowest BCUT2D eigenvalue weighted by atomic mass is 10.1. The Bertz CT molecular complexity index is 587. The van der Waals surface area contributed by atoms with Crippen molar-refractivity contribution in [1.29, 1.82) is 0 Å².